The van der Waals surface area contributed by atoms with Gasteiger partial charge in [-0.25, -0.2) is 0 Å². The summed E-state index contributed by atoms with van der Waals surface area (Å²) in [5.41, 5.74) is 8.38. The van der Waals surface area contributed by atoms with E-state index < -0.39 is 0 Å². The van der Waals surface area contributed by atoms with Gasteiger partial charge in [-0.1, -0.05) is 0 Å². The summed E-state index contributed by atoms with van der Waals surface area (Å²) in [6.45, 7) is 3.12. The molecule has 0 aliphatic heterocycles. The number of likely N-dealkylation sites (N-methyl/N-ethyl adjacent to an activating group) is 2. The van der Waals surface area contributed by atoms with E-state index in [-0.39, 0.29) is 5.91 Å². The molecule has 2 aromatic rings. The van der Waals surface area contributed by atoms with Crippen LogP contribution in [-0.2, 0) is 4.79 Å². The summed E-state index contributed by atoms with van der Waals surface area (Å²) < 4.78 is 0. The number of nitrogens with two attached hydrogens (primary N) is 1. The Hall–Kier alpha value is -2.30. The van der Waals surface area contributed by atoms with Crippen molar-refractivity contribution in [1.29, 1.82) is 0 Å². The van der Waals surface area contributed by atoms with E-state index >= 15 is 0 Å². The van der Waals surface area contributed by atoms with Gasteiger partial charge in [-0.2, -0.15) is 0 Å². The van der Waals surface area contributed by atoms with E-state index in [4.69, 9.17) is 5.73 Å². The Morgan fingerprint density at radius 2 is 2.05 bits per heavy atom. The van der Waals surface area contributed by atoms with E-state index in [1.165, 1.54) is 0 Å². The first-order chi connectivity index (χ1) is 9.54. The summed E-state index contributed by atoms with van der Waals surface area (Å²) in [5.74, 6) is 0.0701. The van der Waals surface area contributed by atoms with Crippen LogP contribution in [0.2, 0.25) is 0 Å². The van der Waals surface area contributed by atoms with Gasteiger partial charge in [0.25, 0.3) is 0 Å². The molecule has 20 heavy (non-hydrogen) atoms. The number of aromatic nitrogens is 1. The van der Waals surface area contributed by atoms with Crippen LogP contribution < -0.4 is 10.6 Å². The van der Waals surface area contributed by atoms with Crippen LogP contribution in [0.25, 0.3) is 10.9 Å². The maximum atomic E-state index is 11.9. The van der Waals surface area contributed by atoms with Crippen molar-refractivity contribution in [2.45, 2.75) is 6.92 Å². The van der Waals surface area contributed by atoms with Gasteiger partial charge in [-0.3, -0.25) is 9.78 Å². The summed E-state index contributed by atoms with van der Waals surface area (Å²) >= 11 is 0. The minimum Gasteiger partial charge on any atom is -0.397 e. The zero-order valence-corrected chi connectivity index (χ0v) is 12.1. The molecule has 1 heterocycles. The van der Waals surface area contributed by atoms with Crippen molar-refractivity contribution in [3.63, 3.8) is 0 Å². The molecule has 1 aromatic carbocycles. The van der Waals surface area contributed by atoms with Crippen molar-refractivity contribution in [2.24, 2.45) is 0 Å². The zero-order valence-electron chi connectivity index (χ0n) is 12.1. The first kappa shape index (κ1) is 14.1. The fourth-order valence-corrected chi connectivity index (χ4v) is 2.13. The normalized spacial score (nSPS) is 10.6. The average molecular weight is 272 g/mol. The molecule has 0 fully saturated rings. The molecule has 1 aromatic heterocycles. The summed E-state index contributed by atoms with van der Waals surface area (Å²) in [6.07, 6.45) is 1.73. The molecular weight excluding hydrogens is 252 g/mol. The van der Waals surface area contributed by atoms with Crippen molar-refractivity contribution in [2.75, 3.05) is 37.8 Å². The van der Waals surface area contributed by atoms with Gasteiger partial charge in [0.2, 0.25) is 5.91 Å². The van der Waals surface area contributed by atoms with Crippen molar-refractivity contribution < 1.29 is 4.79 Å². The number of rotatable bonds is 4. The molecule has 2 rings (SSSR count). The number of pyridine rings is 1. The van der Waals surface area contributed by atoms with Crippen LogP contribution in [0.3, 0.4) is 0 Å². The smallest absolute Gasteiger partial charge is 0.241 e. The van der Waals surface area contributed by atoms with Gasteiger partial charge in [0, 0.05) is 37.9 Å². The molecule has 0 radical (unpaired) electrons. The number of carbonyl (C=O) groups is 1. The van der Waals surface area contributed by atoms with Gasteiger partial charge in [-0.05, 0) is 31.2 Å². The second-order valence-corrected chi connectivity index (χ2v) is 4.88. The lowest BCUT2D eigenvalue weighted by Gasteiger charge is -2.25. The molecule has 106 valence electrons. The highest BCUT2D eigenvalue weighted by Crippen LogP contribution is 2.29. The summed E-state index contributed by atoms with van der Waals surface area (Å²) in [4.78, 5) is 19.9. The third kappa shape index (κ3) is 2.66. The number of hydrogen-bond donors (Lipinski definition) is 1. The number of nitrogen functional groups attached to an aromatic ring is 1. The van der Waals surface area contributed by atoms with E-state index in [0.29, 0.717) is 12.2 Å². The van der Waals surface area contributed by atoms with E-state index in [1.807, 2.05) is 36.1 Å². The maximum Gasteiger partial charge on any atom is 0.241 e. The molecule has 0 unspecified atom stereocenters. The lowest BCUT2D eigenvalue weighted by molar-refractivity contribution is -0.127. The predicted octanol–water partition coefficient (Wildman–Crippen LogP) is 1.73. The number of nitrogens with zero attached hydrogens (tertiary/aromatic N) is 3. The molecule has 0 atom stereocenters. The van der Waals surface area contributed by atoms with Crippen molar-refractivity contribution in [3.8, 4) is 0 Å². The Morgan fingerprint density at radius 3 is 2.70 bits per heavy atom. The molecule has 0 spiro atoms. The van der Waals surface area contributed by atoms with Crippen molar-refractivity contribution >= 4 is 28.2 Å². The van der Waals surface area contributed by atoms with Gasteiger partial charge in [-0.15, -0.1) is 0 Å². The maximum absolute atomic E-state index is 11.9. The van der Waals surface area contributed by atoms with Gasteiger partial charge >= 0.3 is 0 Å². The quantitative estimate of drug-likeness (QED) is 0.861. The Balaban J connectivity index is 2.45. The Kier molecular flexibility index (Phi) is 4.08. The molecule has 5 heteroatoms. The number of anilines is 2. The number of hydrogen-bond acceptors (Lipinski definition) is 4. The van der Waals surface area contributed by atoms with E-state index in [0.717, 1.165) is 23.1 Å². The molecule has 0 saturated carbocycles. The van der Waals surface area contributed by atoms with E-state index in [9.17, 15) is 4.79 Å². The monoisotopic (exact) mass is 272 g/mol. The fourth-order valence-electron chi connectivity index (χ4n) is 2.13. The lowest BCUT2D eigenvalue weighted by atomic mass is 10.1. The lowest BCUT2D eigenvalue weighted by Crippen LogP contribution is -2.36. The number of fused-ring (bicyclic) bond motifs is 1. The summed E-state index contributed by atoms with van der Waals surface area (Å²) in [6, 6.07) is 7.66. The third-order valence-electron chi connectivity index (χ3n) is 3.33. The average Bonchev–Trinajstić information content (AvgIpc) is 2.45. The Labute approximate surface area is 119 Å². The highest BCUT2D eigenvalue weighted by Gasteiger charge is 2.15. The first-order valence-electron chi connectivity index (χ1n) is 6.63. The number of benzene rings is 1. The fraction of sp³-hybridized carbons (Fsp3) is 0.333. The molecule has 0 aliphatic rings. The van der Waals surface area contributed by atoms with Crippen LogP contribution in [0.15, 0.2) is 30.5 Å². The van der Waals surface area contributed by atoms with Gasteiger partial charge in [0.15, 0.2) is 0 Å². The third-order valence-corrected chi connectivity index (χ3v) is 3.33. The van der Waals surface area contributed by atoms with E-state index in [1.54, 1.807) is 25.2 Å². The molecule has 1 amide bonds. The van der Waals surface area contributed by atoms with Crippen LogP contribution in [0.4, 0.5) is 11.4 Å². The second kappa shape index (κ2) is 5.77. The first-order valence-corrected chi connectivity index (χ1v) is 6.63. The molecule has 2 N–H and O–H groups in total. The molecule has 5 nitrogen and oxygen atoms in total. The van der Waals surface area contributed by atoms with Gasteiger partial charge in [0.05, 0.1) is 17.7 Å². The van der Waals surface area contributed by atoms with Crippen LogP contribution >= 0.6 is 0 Å². The molecular formula is C15H20N4O. The summed E-state index contributed by atoms with van der Waals surface area (Å²) in [5, 5.41) is 0.973. The highest BCUT2D eigenvalue weighted by atomic mass is 16.2. The highest BCUT2D eigenvalue weighted by molar-refractivity contribution is 5.99. The second-order valence-electron chi connectivity index (χ2n) is 4.88. The number of amides is 1. The van der Waals surface area contributed by atoms with E-state index in [2.05, 4.69) is 4.98 Å². The zero-order chi connectivity index (χ0) is 14.7. The molecule has 0 bridgehead atoms. The van der Waals surface area contributed by atoms with Crippen LogP contribution in [-0.4, -0.2) is 43.0 Å². The largest absolute Gasteiger partial charge is 0.397 e. The van der Waals surface area contributed by atoms with Gasteiger partial charge < -0.3 is 15.5 Å². The van der Waals surface area contributed by atoms with Gasteiger partial charge in [0.1, 0.15) is 0 Å². The van der Waals surface area contributed by atoms with Crippen LogP contribution in [0.5, 0.6) is 0 Å². The van der Waals surface area contributed by atoms with Crippen LogP contribution in [0.1, 0.15) is 6.92 Å². The SMILES string of the molecule is CCN(CC(=O)N(C)C)c1ccc(N)c2ncccc12. The summed E-state index contributed by atoms with van der Waals surface area (Å²) in [7, 11) is 3.53. The minimum atomic E-state index is 0.0701. The molecule has 0 saturated heterocycles. The van der Waals surface area contributed by atoms with Crippen molar-refractivity contribution in [3.05, 3.63) is 30.5 Å². The Bertz CT molecular complexity index is 624. The predicted molar refractivity (Wildman–Crippen MR) is 82.7 cm³/mol. The minimum absolute atomic E-state index is 0.0701. The van der Waals surface area contributed by atoms with Crippen LogP contribution in [0, 0.1) is 0 Å². The molecule has 0 aliphatic carbocycles. The van der Waals surface area contributed by atoms with Crippen molar-refractivity contribution in [1.82, 2.24) is 9.88 Å². The standard InChI is InChI=1S/C15H20N4O/c1-4-19(10-14(20)18(2)3)13-8-7-12(16)15-11(13)6-5-9-17-15/h5-9H,4,10,16H2,1-3H3. The topological polar surface area (TPSA) is 62.5 Å². The number of carbonyl (C=O) groups excluding carboxylic acids is 1. The Morgan fingerprint density at radius 1 is 1.30 bits per heavy atom.